The summed E-state index contributed by atoms with van der Waals surface area (Å²) in [6.45, 7) is 9.98. The number of hydrogen-bond acceptors (Lipinski definition) is 8. The van der Waals surface area contributed by atoms with Gasteiger partial charge in [0.15, 0.2) is 0 Å². The van der Waals surface area contributed by atoms with Crippen molar-refractivity contribution in [3.63, 3.8) is 0 Å². The molecule has 0 unspecified atom stereocenters. The number of anilines is 1. The molecule has 36 heavy (non-hydrogen) atoms. The zero-order valence-electron chi connectivity index (χ0n) is 21.5. The Morgan fingerprint density at radius 2 is 1.81 bits per heavy atom. The van der Waals surface area contributed by atoms with E-state index in [2.05, 4.69) is 10.2 Å². The highest BCUT2D eigenvalue weighted by atomic mass is 16.6. The van der Waals surface area contributed by atoms with Gasteiger partial charge >= 0.3 is 12.1 Å². The minimum Gasteiger partial charge on any atom is -0.465 e. The normalized spacial score (nSPS) is 16.8. The summed E-state index contributed by atoms with van der Waals surface area (Å²) in [5.41, 5.74) is 7.59. The molecule has 1 aromatic rings. The van der Waals surface area contributed by atoms with Crippen molar-refractivity contribution in [3.05, 3.63) is 29.3 Å². The molecule has 2 aliphatic heterocycles. The molecule has 1 saturated heterocycles. The smallest absolute Gasteiger partial charge is 0.410 e. The standard InChI is InChI=1S/C25H37N5O6/c1-5-35-23(33)20(26)15-27-21(31)16-30-9-8-17-6-7-18(14-19(17)22(30)32)28-10-12-29(13-11-28)24(34)36-25(2,3)4/h6-7,14,20H,5,8-13,15-16,26H2,1-4H3,(H,27,31)/t20-/m0/s1. The van der Waals surface area contributed by atoms with Gasteiger partial charge in [0.2, 0.25) is 5.91 Å². The Morgan fingerprint density at radius 1 is 1.11 bits per heavy atom. The summed E-state index contributed by atoms with van der Waals surface area (Å²) < 4.78 is 10.3. The van der Waals surface area contributed by atoms with Gasteiger partial charge in [0.05, 0.1) is 13.2 Å². The summed E-state index contributed by atoms with van der Waals surface area (Å²) in [5, 5.41) is 2.59. The highest BCUT2D eigenvalue weighted by molar-refractivity contribution is 5.99. The lowest BCUT2D eigenvalue weighted by molar-refractivity contribution is -0.144. The maximum Gasteiger partial charge on any atom is 0.410 e. The third kappa shape index (κ3) is 7.09. The Bertz CT molecular complexity index is 984. The molecule has 0 spiro atoms. The van der Waals surface area contributed by atoms with Gasteiger partial charge in [-0.15, -0.1) is 0 Å². The van der Waals surface area contributed by atoms with Gasteiger partial charge in [-0.05, 0) is 51.8 Å². The zero-order valence-corrected chi connectivity index (χ0v) is 21.5. The van der Waals surface area contributed by atoms with Crippen LogP contribution in [0.5, 0.6) is 0 Å². The van der Waals surface area contributed by atoms with Gasteiger partial charge < -0.3 is 35.2 Å². The maximum atomic E-state index is 13.2. The molecular formula is C25H37N5O6. The maximum absolute atomic E-state index is 13.2. The highest BCUT2D eigenvalue weighted by Crippen LogP contribution is 2.26. The quantitative estimate of drug-likeness (QED) is 0.521. The topological polar surface area (TPSA) is 135 Å². The molecule has 2 aliphatic rings. The van der Waals surface area contributed by atoms with Crippen molar-refractivity contribution in [1.29, 1.82) is 0 Å². The van der Waals surface area contributed by atoms with Crippen molar-refractivity contribution in [3.8, 4) is 0 Å². The van der Waals surface area contributed by atoms with Crippen LogP contribution in [-0.4, -0.2) is 97.7 Å². The van der Waals surface area contributed by atoms with Gasteiger partial charge in [-0.2, -0.15) is 0 Å². The van der Waals surface area contributed by atoms with E-state index in [1.165, 1.54) is 4.90 Å². The zero-order chi connectivity index (χ0) is 26.5. The Kier molecular flexibility index (Phi) is 8.78. The summed E-state index contributed by atoms with van der Waals surface area (Å²) in [4.78, 5) is 54.8. The first-order valence-corrected chi connectivity index (χ1v) is 12.3. The second kappa shape index (κ2) is 11.6. The second-order valence-corrected chi connectivity index (χ2v) is 9.94. The number of carbonyl (C=O) groups excluding carboxylic acids is 4. The van der Waals surface area contributed by atoms with Crippen LogP contribution in [0.1, 0.15) is 43.6 Å². The number of benzene rings is 1. The molecule has 1 aromatic carbocycles. The van der Waals surface area contributed by atoms with Crippen molar-refractivity contribution < 1.29 is 28.7 Å². The number of esters is 1. The van der Waals surface area contributed by atoms with E-state index >= 15 is 0 Å². The minimum absolute atomic E-state index is 0.0598. The number of piperazine rings is 1. The van der Waals surface area contributed by atoms with Crippen LogP contribution in [-0.2, 0) is 25.5 Å². The lowest BCUT2D eigenvalue weighted by atomic mass is 9.97. The predicted molar refractivity (Wildman–Crippen MR) is 134 cm³/mol. The van der Waals surface area contributed by atoms with Crippen LogP contribution < -0.4 is 16.0 Å². The molecule has 3 N–H and O–H groups in total. The van der Waals surface area contributed by atoms with Crippen molar-refractivity contribution in [1.82, 2.24) is 15.1 Å². The molecule has 198 valence electrons. The Hall–Kier alpha value is -3.34. The minimum atomic E-state index is -0.954. The number of nitrogens with zero attached hydrogens (tertiary/aromatic N) is 3. The molecule has 1 atom stereocenters. The van der Waals surface area contributed by atoms with E-state index in [0.29, 0.717) is 44.7 Å². The molecule has 3 amide bonds. The molecule has 0 bridgehead atoms. The van der Waals surface area contributed by atoms with E-state index in [9.17, 15) is 19.2 Å². The van der Waals surface area contributed by atoms with E-state index in [1.54, 1.807) is 11.8 Å². The van der Waals surface area contributed by atoms with Crippen LogP contribution in [0.4, 0.5) is 10.5 Å². The molecule has 11 heteroatoms. The van der Waals surface area contributed by atoms with Gasteiger partial charge in [0.25, 0.3) is 5.91 Å². The van der Waals surface area contributed by atoms with E-state index < -0.39 is 17.6 Å². The average molecular weight is 504 g/mol. The van der Waals surface area contributed by atoms with Crippen LogP contribution in [0.2, 0.25) is 0 Å². The fourth-order valence-electron chi connectivity index (χ4n) is 4.12. The molecular weight excluding hydrogens is 466 g/mol. The number of fused-ring (bicyclic) bond motifs is 1. The summed E-state index contributed by atoms with van der Waals surface area (Å²) >= 11 is 0. The van der Waals surface area contributed by atoms with Gasteiger partial charge in [-0.3, -0.25) is 14.4 Å². The van der Waals surface area contributed by atoms with Gasteiger partial charge in [-0.25, -0.2) is 4.79 Å². The van der Waals surface area contributed by atoms with Crippen LogP contribution in [0.25, 0.3) is 0 Å². The van der Waals surface area contributed by atoms with Crippen molar-refractivity contribution in [2.24, 2.45) is 5.73 Å². The number of nitrogens with one attached hydrogen (secondary N) is 1. The van der Waals surface area contributed by atoms with Crippen molar-refractivity contribution >= 4 is 29.6 Å². The predicted octanol–water partition coefficient (Wildman–Crippen LogP) is 0.749. The van der Waals surface area contributed by atoms with E-state index in [1.807, 2.05) is 39.0 Å². The number of carbonyl (C=O) groups is 4. The van der Waals surface area contributed by atoms with Crippen LogP contribution in [0.15, 0.2) is 18.2 Å². The van der Waals surface area contributed by atoms with Crippen LogP contribution in [0.3, 0.4) is 0 Å². The Labute approximate surface area is 211 Å². The van der Waals surface area contributed by atoms with Gasteiger partial charge in [0.1, 0.15) is 11.6 Å². The Balaban J connectivity index is 1.56. The van der Waals surface area contributed by atoms with Crippen LogP contribution in [0, 0.1) is 0 Å². The third-order valence-corrected chi connectivity index (χ3v) is 6.00. The van der Waals surface area contributed by atoms with Crippen molar-refractivity contribution in [2.45, 2.75) is 45.8 Å². The van der Waals surface area contributed by atoms with E-state index in [-0.39, 0.29) is 37.6 Å². The summed E-state index contributed by atoms with van der Waals surface area (Å²) in [6, 6.07) is 4.86. The lowest BCUT2D eigenvalue weighted by Gasteiger charge is -2.37. The largest absolute Gasteiger partial charge is 0.465 e. The van der Waals surface area contributed by atoms with Crippen molar-refractivity contribution in [2.75, 3.05) is 57.3 Å². The molecule has 0 aliphatic carbocycles. The molecule has 1 fully saturated rings. The van der Waals surface area contributed by atoms with Crippen LogP contribution >= 0.6 is 0 Å². The second-order valence-electron chi connectivity index (χ2n) is 9.94. The number of rotatable bonds is 7. The Morgan fingerprint density at radius 3 is 2.44 bits per heavy atom. The van der Waals surface area contributed by atoms with E-state index in [4.69, 9.17) is 15.2 Å². The lowest BCUT2D eigenvalue weighted by Crippen LogP contribution is -2.50. The number of amides is 3. The summed E-state index contributed by atoms with van der Waals surface area (Å²) in [7, 11) is 0. The number of ether oxygens (including phenoxy) is 2. The first-order valence-electron chi connectivity index (χ1n) is 12.3. The molecule has 0 radical (unpaired) electrons. The number of hydrogen-bond donors (Lipinski definition) is 2. The average Bonchev–Trinajstić information content (AvgIpc) is 2.83. The SMILES string of the molecule is CCOC(=O)[C@@H](N)CNC(=O)CN1CCc2ccc(N3CCN(C(=O)OC(C)(C)C)CC3)cc2C1=O. The monoisotopic (exact) mass is 503 g/mol. The molecule has 3 rings (SSSR count). The number of nitrogens with two attached hydrogens (primary N) is 1. The molecule has 11 nitrogen and oxygen atoms in total. The fraction of sp³-hybridized carbons (Fsp3) is 0.600. The van der Waals surface area contributed by atoms with Gasteiger partial charge in [-0.1, -0.05) is 6.07 Å². The van der Waals surface area contributed by atoms with E-state index in [0.717, 1.165) is 11.3 Å². The highest BCUT2D eigenvalue weighted by Gasteiger charge is 2.29. The molecule has 0 aromatic heterocycles. The first-order chi connectivity index (χ1) is 17.0. The fourth-order valence-corrected chi connectivity index (χ4v) is 4.12. The molecule has 2 heterocycles. The molecule has 0 saturated carbocycles. The third-order valence-electron chi connectivity index (χ3n) is 6.00. The summed E-state index contributed by atoms with van der Waals surface area (Å²) in [6.07, 6.45) is 0.323. The summed E-state index contributed by atoms with van der Waals surface area (Å²) in [5.74, 6) is -1.18. The van der Waals surface area contributed by atoms with Gasteiger partial charge in [0, 0.05) is 50.5 Å². The first kappa shape index (κ1) is 27.3.